The van der Waals surface area contributed by atoms with Crippen LogP contribution in [0.25, 0.3) is 0 Å². The first-order valence-corrected chi connectivity index (χ1v) is 10.3. The number of carbonyl (C=O) groups excluding carboxylic acids is 2. The van der Waals surface area contributed by atoms with Crippen LogP contribution in [0.3, 0.4) is 0 Å². The molecule has 0 aliphatic rings. The molecule has 0 aliphatic heterocycles. The molecule has 0 spiro atoms. The molecular weight excluding hydrogens is 386 g/mol. The van der Waals surface area contributed by atoms with Gasteiger partial charge in [-0.1, -0.05) is 42.5 Å². The van der Waals surface area contributed by atoms with E-state index in [0.717, 1.165) is 10.4 Å². The third-order valence-corrected chi connectivity index (χ3v) is 5.21. The summed E-state index contributed by atoms with van der Waals surface area (Å²) in [6, 6.07) is 18.8. The zero-order valence-corrected chi connectivity index (χ0v) is 17.3. The molecule has 6 heteroatoms. The number of anilines is 1. The van der Waals surface area contributed by atoms with Gasteiger partial charge in [0.05, 0.1) is 24.3 Å². The monoisotopic (exact) mass is 409 g/mol. The molecule has 0 atom stereocenters. The number of para-hydroxylation sites is 1. The number of carbonyl (C=O) groups is 2. The molecule has 0 aliphatic carbocycles. The average Bonchev–Trinajstić information content (AvgIpc) is 3.11. The van der Waals surface area contributed by atoms with Crippen LogP contribution in [0.1, 0.15) is 45.0 Å². The van der Waals surface area contributed by atoms with Gasteiger partial charge in [-0.3, -0.25) is 4.79 Å². The average molecular weight is 410 g/mol. The summed E-state index contributed by atoms with van der Waals surface area (Å²) in [5.74, 6) is -0.268. The minimum atomic E-state index is -0.448. The molecule has 0 saturated carbocycles. The molecule has 150 valence electrons. The third-order valence-electron chi connectivity index (χ3n) is 4.16. The van der Waals surface area contributed by atoms with Gasteiger partial charge in [0.15, 0.2) is 0 Å². The van der Waals surface area contributed by atoms with Crippen LogP contribution in [-0.4, -0.2) is 25.1 Å². The van der Waals surface area contributed by atoms with Crippen LogP contribution in [0.2, 0.25) is 0 Å². The number of amides is 1. The van der Waals surface area contributed by atoms with Gasteiger partial charge in [0, 0.05) is 11.3 Å². The van der Waals surface area contributed by atoms with E-state index in [1.807, 2.05) is 43.3 Å². The SMILES string of the molecule is CCOC(=O)c1cc(Cc2ccccc2)sc1NC(=O)c1ccccc1OCC. The maximum atomic E-state index is 12.9. The zero-order chi connectivity index (χ0) is 20.6. The molecule has 1 heterocycles. The van der Waals surface area contributed by atoms with Crippen molar-refractivity contribution in [3.8, 4) is 5.75 Å². The second-order valence-electron chi connectivity index (χ2n) is 6.22. The first-order valence-electron chi connectivity index (χ1n) is 9.49. The topological polar surface area (TPSA) is 64.6 Å². The number of esters is 1. The molecule has 0 saturated heterocycles. The predicted octanol–water partition coefficient (Wildman–Crippen LogP) is 5.17. The van der Waals surface area contributed by atoms with E-state index in [-0.39, 0.29) is 12.5 Å². The Morgan fingerprint density at radius 2 is 1.66 bits per heavy atom. The summed E-state index contributed by atoms with van der Waals surface area (Å²) in [6.45, 7) is 4.34. The van der Waals surface area contributed by atoms with Gasteiger partial charge in [-0.05, 0) is 37.6 Å². The molecule has 5 nitrogen and oxygen atoms in total. The van der Waals surface area contributed by atoms with Crippen molar-refractivity contribution in [2.75, 3.05) is 18.5 Å². The number of ether oxygens (including phenoxy) is 2. The molecule has 3 aromatic rings. The minimum absolute atomic E-state index is 0.267. The number of nitrogens with one attached hydrogen (secondary N) is 1. The van der Waals surface area contributed by atoms with Crippen LogP contribution in [-0.2, 0) is 11.2 Å². The molecule has 0 radical (unpaired) electrons. The van der Waals surface area contributed by atoms with E-state index in [1.165, 1.54) is 11.3 Å². The van der Waals surface area contributed by atoms with Crippen LogP contribution in [0.15, 0.2) is 60.7 Å². The fraction of sp³-hybridized carbons (Fsp3) is 0.217. The molecule has 3 rings (SSSR count). The van der Waals surface area contributed by atoms with Gasteiger partial charge in [0.25, 0.3) is 5.91 Å². The summed E-state index contributed by atoms with van der Waals surface area (Å²) in [5, 5.41) is 3.35. The van der Waals surface area contributed by atoms with Gasteiger partial charge >= 0.3 is 5.97 Å². The van der Waals surface area contributed by atoms with Crippen molar-refractivity contribution in [2.24, 2.45) is 0 Å². The maximum Gasteiger partial charge on any atom is 0.341 e. The first-order chi connectivity index (χ1) is 14.1. The van der Waals surface area contributed by atoms with Gasteiger partial charge in [-0.25, -0.2) is 4.79 Å². The second kappa shape index (κ2) is 9.89. The summed E-state index contributed by atoms with van der Waals surface area (Å²) in [4.78, 5) is 26.3. The summed E-state index contributed by atoms with van der Waals surface area (Å²) < 4.78 is 10.7. The van der Waals surface area contributed by atoms with Gasteiger partial charge in [-0.15, -0.1) is 11.3 Å². The molecule has 1 N–H and O–H groups in total. The van der Waals surface area contributed by atoms with Crippen molar-refractivity contribution in [2.45, 2.75) is 20.3 Å². The Labute approximate surface area is 174 Å². The predicted molar refractivity (Wildman–Crippen MR) is 115 cm³/mol. The summed E-state index contributed by atoms with van der Waals surface area (Å²) >= 11 is 1.38. The highest BCUT2D eigenvalue weighted by Gasteiger charge is 2.21. The van der Waals surface area contributed by atoms with E-state index < -0.39 is 5.97 Å². The standard InChI is InChI=1S/C23H23NO4S/c1-3-27-20-13-9-8-12-18(20)21(25)24-22-19(23(26)28-4-2)15-17(29-22)14-16-10-6-5-7-11-16/h5-13,15H,3-4,14H2,1-2H3,(H,24,25). The molecule has 0 fully saturated rings. The Morgan fingerprint density at radius 3 is 2.38 bits per heavy atom. The maximum absolute atomic E-state index is 12.9. The number of hydrogen-bond acceptors (Lipinski definition) is 5. The van der Waals surface area contributed by atoms with Gasteiger partial charge in [0.1, 0.15) is 10.8 Å². The summed E-state index contributed by atoms with van der Waals surface area (Å²) in [5.41, 5.74) is 1.91. The normalized spacial score (nSPS) is 10.4. The lowest BCUT2D eigenvalue weighted by Crippen LogP contribution is -2.15. The quantitative estimate of drug-likeness (QED) is 0.522. The van der Waals surface area contributed by atoms with Crippen molar-refractivity contribution in [1.82, 2.24) is 0 Å². The van der Waals surface area contributed by atoms with Gasteiger partial charge in [0.2, 0.25) is 0 Å². The van der Waals surface area contributed by atoms with Crippen LogP contribution in [0.4, 0.5) is 5.00 Å². The summed E-state index contributed by atoms with van der Waals surface area (Å²) in [6.07, 6.45) is 0.670. The molecule has 0 bridgehead atoms. The van der Waals surface area contributed by atoms with Crippen LogP contribution >= 0.6 is 11.3 Å². The Hall–Kier alpha value is -3.12. The number of rotatable bonds is 8. The lowest BCUT2D eigenvalue weighted by molar-refractivity contribution is 0.0528. The number of hydrogen-bond donors (Lipinski definition) is 1. The molecule has 0 unspecified atom stereocenters. The fourth-order valence-electron chi connectivity index (χ4n) is 2.89. The minimum Gasteiger partial charge on any atom is -0.493 e. The molecule has 2 aromatic carbocycles. The van der Waals surface area contributed by atoms with E-state index >= 15 is 0 Å². The van der Waals surface area contributed by atoms with E-state index in [1.54, 1.807) is 31.2 Å². The Morgan fingerprint density at radius 1 is 0.931 bits per heavy atom. The van der Waals surface area contributed by atoms with Crippen LogP contribution in [0, 0.1) is 0 Å². The van der Waals surface area contributed by atoms with Crippen molar-refractivity contribution >= 4 is 28.2 Å². The van der Waals surface area contributed by atoms with Crippen LogP contribution in [0.5, 0.6) is 5.75 Å². The Bertz CT molecular complexity index is 982. The van der Waals surface area contributed by atoms with Crippen LogP contribution < -0.4 is 10.1 Å². The number of benzene rings is 2. The highest BCUT2D eigenvalue weighted by Crippen LogP contribution is 2.32. The third kappa shape index (κ3) is 5.23. The smallest absolute Gasteiger partial charge is 0.341 e. The van der Waals surface area contributed by atoms with E-state index in [2.05, 4.69) is 5.32 Å². The molecule has 29 heavy (non-hydrogen) atoms. The summed E-state index contributed by atoms with van der Waals surface area (Å²) in [7, 11) is 0. The van der Waals surface area contributed by atoms with E-state index in [9.17, 15) is 9.59 Å². The zero-order valence-electron chi connectivity index (χ0n) is 16.4. The lowest BCUT2D eigenvalue weighted by atomic mass is 10.1. The molecule has 1 amide bonds. The van der Waals surface area contributed by atoms with Gasteiger partial charge in [-0.2, -0.15) is 0 Å². The van der Waals surface area contributed by atoms with Crippen molar-refractivity contribution in [3.05, 3.63) is 82.2 Å². The molecule has 1 aromatic heterocycles. The van der Waals surface area contributed by atoms with Gasteiger partial charge < -0.3 is 14.8 Å². The fourth-order valence-corrected chi connectivity index (χ4v) is 3.96. The highest BCUT2D eigenvalue weighted by molar-refractivity contribution is 7.16. The Balaban J connectivity index is 1.88. The van der Waals surface area contributed by atoms with Crippen molar-refractivity contribution in [1.29, 1.82) is 0 Å². The first kappa shape index (κ1) is 20.6. The van der Waals surface area contributed by atoms with E-state index in [0.29, 0.717) is 34.9 Å². The Kier molecular flexibility index (Phi) is 7.03. The van der Waals surface area contributed by atoms with E-state index in [4.69, 9.17) is 9.47 Å². The van der Waals surface area contributed by atoms with Crippen molar-refractivity contribution in [3.63, 3.8) is 0 Å². The lowest BCUT2D eigenvalue weighted by Gasteiger charge is -2.10. The largest absolute Gasteiger partial charge is 0.493 e. The molecular formula is C23H23NO4S. The van der Waals surface area contributed by atoms with Crippen molar-refractivity contribution < 1.29 is 19.1 Å². The number of thiophene rings is 1. The second-order valence-corrected chi connectivity index (χ2v) is 7.36. The highest BCUT2D eigenvalue weighted by atomic mass is 32.1.